The van der Waals surface area contributed by atoms with E-state index in [9.17, 15) is 4.79 Å². The molecule has 1 aliphatic heterocycles. The standard InChI is InChI=1S/C28H28O3/c1-3-21(2)26-19-25(31-27(26)29)20-30-28(22-13-7-4-8-14-22,23-15-9-5-10-16-23)24-17-11-6-12-18-24/h4-18,25-26H,2-3,19-20H2,1H3/t25-,26-/m0/s1. The number of ether oxygens (including phenoxy) is 2. The van der Waals surface area contributed by atoms with Crippen molar-refractivity contribution in [1.29, 1.82) is 0 Å². The summed E-state index contributed by atoms with van der Waals surface area (Å²) in [6, 6.07) is 30.7. The maximum Gasteiger partial charge on any atom is 0.313 e. The Morgan fingerprint density at radius 1 is 0.903 bits per heavy atom. The molecule has 2 atom stereocenters. The first-order valence-corrected chi connectivity index (χ1v) is 10.8. The lowest BCUT2D eigenvalue weighted by atomic mass is 9.80. The summed E-state index contributed by atoms with van der Waals surface area (Å²) in [6.45, 7) is 6.37. The number of rotatable bonds is 8. The smallest absolute Gasteiger partial charge is 0.313 e. The molecular formula is C28H28O3. The van der Waals surface area contributed by atoms with Gasteiger partial charge in [-0.3, -0.25) is 4.79 Å². The van der Waals surface area contributed by atoms with Crippen molar-refractivity contribution in [3.63, 3.8) is 0 Å². The average Bonchev–Trinajstić information content (AvgIpc) is 3.21. The van der Waals surface area contributed by atoms with Crippen molar-refractivity contribution in [2.45, 2.75) is 31.5 Å². The Labute approximate surface area is 184 Å². The van der Waals surface area contributed by atoms with E-state index in [4.69, 9.17) is 9.47 Å². The molecule has 3 aromatic carbocycles. The zero-order valence-corrected chi connectivity index (χ0v) is 17.9. The summed E-state index contributed by atoms with van der Waals surface area (Å²) in [7, 11) is 0. The van der Waals surface area contributed by atoms with Gasteiger partial charge in [0.1, 0.15) is 11.7 Å². The molecule has 0 amide bonds. The second kappa shape index (κ2) is 9.32. The Morgan fingerprint density at radius 2 is 1.35 bits per heavy atom. The highest BCUT2D eigenvalue weighted by Gasteiger charge is 2.41. The topological polar surface area (TPSA) is 35.5 Å². The van der Waals surface area contributed by atoms with Gasteiger partial charge in [0, 0.05) is 6.42 Å². The number of cyclic esters (lactones) is 1. The normalized spacial score (nSPS) is 18.5. The number of hydrogen-bond donors (Lipinski definition) is 0. The van der Waals surface area contributed by atoms with Crippen molar-refractivity contribution in [2.75, 3.05) is 6.61 Å². The summed E-state index contributed by atoms with van der Waals surface area (Å²) in [5.74, 6) is -0.427. The molecule has 1 fully saturated rings. The van der Waals surface area contributed by atoms with E-state index in [1.165, 1.54) is 0 Å². The number of esters is 1. The van der Waals surface area contributed by atoms with Gasteiger partial charge in [-0.15, -0.1) is 0 Å². The summed E-state index contributed by atoms with van der Waals surface area (Å²) >= 11 is 0. The van der Waals surface area contributed by atoms with Crippen LogP contribution in [0.5, 0.6) is 0 Å². The van der Waals surface area contributed by atoms with E-state index in [1.807, 2.05) is 61.5 Å². The predicted molar refractivity (Wildman–Crippen MR) is 123 cm³/mol. The molecule has 4 rings (SSSR count). The molecule has 0 saturated carbocycles. The fourth-order valence-electron chi connectivity index (χ4n) is 4.32. The van der Waals surface area contributed by atoms with E-state index in [1.54, 1.807) is 0 Å². The predicted octanol–water partition coefficient (Wildman–Crippen LogP) is 5.89. The molecule has 158 valence electrons. The molecule has 3 nitrogen and oxygen atoms in total. The van der Waals surface area contributed by atoms with E-state index >= 15 is 0 Å². The Morgan fingerprint density at radius 3 is 1.77 bits per heavy atom. The monoisotopic (exact) mass is 412 g/mol. The van der Waals surface area contributed by atoms with Gasteiger partial charge in [0.2, 0.25) is 0 Å². The number of hydrogen-bond acceptors (Lipinski definition) is 3. The third-order valence-corrected chi connectivity index (χ3v) is 6.04. The molecule has 1 saturated heterocycles. The number of carbonyl (C=O) groups is 1. The minimum atomic E-state index is -0.809. The molecule has 1 heterocycles. The first kappa shape index (κ1) is 21.1. The van der Waals surface area contributed by atoms with Gasteiger partial charge in [-0.05, 0) is 23.1 Å². The molecule has 0 aliphatic carbocycles. The molecule has 3 heteroatoms. The molecule has 1 aliphatic rings. The minimum Gasteiger partial charge on any atom is -0.459 e. The van der Waals surface area contributed by atoms with E-state index in [0.29, 0.717) is 13.0 Å². The Kier molecular flexibility index (Phi) is 6.34. The molecule has 0 unspecified atom stereocenters. The second-order valence-electron chi connectivity index (χ2n) is 7.95. The van der Waals surface area contributed by atoms with Crippen molar-refractivity contribution in [2.24, 2.45) is 5.92 Å². The molecule has 31 heavy (non-hydrogen) atoms. The lowest BCUT2D eigenvalue weighted by Gasteiger charge is -2.36. The van der Waals surface area contributed by atoms with Crippen molar-refractivity contribution in [3.8, 4) is 0 Å². The molecule has 0 spiro atoms. The van der Waals surface area contributed by atoms with Crippen LogP contribution in [-0.2, 0) is 19.9 Å². The van der Waals surface area contributed by atoms with Crippen LogP contribution in [0.3, 0.4) is 0 Å². The first-order chi connectivity index (χ1) is 15.1. The van der Waals surface area contributed by atoms with Crippen LogP contribution in [0.2, 0.25) is 0 Å². The first-order valence-electron chi connectivity index (χ1n) is 10.8. The van der Waals surface area contributed by atoms with Crippen LogP contribution in [0.4, 0.5) is 0 Å². The van der Waals surface area contributed by atoms with E-state index in [2.05, 4.69) is 43.0 Å². The quantitative estimate of drug-likeness (QED) is 0.263. The largest absolute Gasteiger partial charge is 0.459 e. The van der Waals surface area contributed by atoms with Crippen molar-refractivity contribution in [1.82, 2.24) is 0 Å². The summed E-state index contributed by atoms with van der Waals surface area (Å²) in [6.07, 6.45) is 1.09. The maximum atomic E-state index is 12.4. The van der Waals surface area contributed by atoms with Gasteiger partial charge in [-0.2, -0.15) is 0 Å². The van der Waals surface area contributed by atoms with Crippen LogP contribution in [0.25, 0.3) is 0 Å². The van der Waals surface area contributed by atoms with Gasteiger partial charge in [0.05, 0.1) is 12.5 Å². The zero-order valence-electron chi connectivity index (χ0n) is 17.9. The molecule has 0 aromatic heterocycles. The number of benzene rings is 3. The maximum absolute atomic E-state index is 12.4. The molecule has 0 N–H and O–H groups in total. The third kappa shape index (κ3) is 4.19. The highest BCUT2D eigenvalue weighted by atomic mass is 16.6. The van der Waals surface area contributed by atoms with Crippen LogP contribution in [0, 0.1) is 5.92 Å². The lowest BCUT2D eigenvalue weighted by Crippen LogP contribution is -2.35. The Hall–Kier alpha value is -3.17. The van der Waals surface area contributed by atoms with Crippen LogP contribution in [0.15, 0.2) is 103 Å². The van der Waals surface area contributed by atoms with E-state index in [0.717, 1.165) is 28.7 Å². The van der Waals surface area contributed by atoms with Crippen LogP contribution < -0.4 is 0 Å². The van der Waals surface area contributed by atoms with Crippen LogP contribution >= 0.6 is 0 Å². The van der Waals surface area contributed by atoms with Crippen molar-refractivity contribution >= 4 is 5.97 Å². The number of carbonyl (C=O) groups excluding carboxylic acids is 1. The molecule has 0 radical (unpaired) electrons. The van der Waals surface area contributed by atoms with Gasteiger partial charge in [-0.25, -0.2) is 0 Å². The fraction of sp³-hybridized carbons (Fsp3) is 0.250. The highest BCUT2D eigenvalue weighted by molar-refractivity contribution is 5.77. The van der Waals surface area contributed by atoms with Crippen molar-refractivity contribution in [3.05, 3.63) is 120 Å². The second-order valence-corrected chi connectivity index (χ2v) is 7.95. The van der Waals surface area contributed by atoms with Gasteiger partial charge in [0.15, 0.2) is 0 Å². The zero-order chi connectivity index (χ0) is 21.7. The van der Waals surface area contributed by atoms with Gasteiger partial charge in [-0.1, -0.05) is 110 Å². The fourth-order valence-corrected chi connectivity index (χ4v) is 4.32. The Bertz CT molecular complexity index is 915. The van der Waals surface area contributed by atoms with Gasteiger partial charge >= 0.3 is 5.97 Å². The van der Waals surface area contributed by atoms with Crippen LogP contribution in [-0.4, -0.2) is 18.7 Å². The van der Waals surface area contributed by atoms with Crippen LogP contribution in [0.1, 0.15) is 36.5 Å². The SMILES string of the molecule is C=C(CC)[C@@H]1C[C@@H](COC(c2ccccc2)(c2ccccc2)c2ccccc2)OC1=O. The summed E-state index contributed by atoms with van der Waals surface area (Å²) in [5.41, 5.74) is 3.22. The minimum absolute atomic E-state index is 0.190. The third-order valence-electron chi connectivity index (χ3n) is 6.04. The molecule has 0 bridgehead atoms. The van der Waals surface area contributed by atoms with Crippen molar-refractivity contribution < 1.29 is 14.3 Å². The van der Waals surface area contributed by atoms with E-state index in [-0.39, 0.29) is 18.0 Å². The highest BCUT2D eigenvalue weighted by Crippen LogP contribution is 2.41. The Balaban J connectivity index is 1.73. The molecular weight excluding hydrogens is 384 g/mol. The van der Waals surface area contributed by atoms with Gasteiger partial charge in [0.25, 0.3) is 0 Å². The lowest BCUT2D eigenvalue weighted by molar-refractivity contribution is -0.147. The molecule has 3 aromatic rings. The summed E-state index contributed by atoms with van der Waals surface area (Å²) < 4.78 is 12.5. The summed E-state index contributed by atoms with van der Waals surface area (Å²) in [4.78, 5) is 12.4. The average molecular weight is 413 g/mol. The summed E-state index contributed by atoms with van der Waals surface area (Å²) in [5, 5.41) is 0. The van der Waals surface area contributed by atoms with E-state index < -0.39 is 5.60 Å². The van der Waals surface area contributed by atoms with Gasteiger partial charge < -0.3 is 9.47 Å².